The molecule has 1 aromatic rings. The number of hydrogen-bond acceptors (Lipinski definition) is 3. The normalized spacial score (nSPS) is 26.3. The number of rotatable bonds is 3. The number of nitrogens with zero attached hydrogens (tertiary/aromatic N) is 2. The van der Waals surface area contributed by atoms with Gasteiger partial charge in [-0.05, 0) is 50.3 Å². The van der Waals surface area contributed by atoms with E-state index in [4.69, 9.17) is 16.3 Å². The lowest BCUT2D eigenvalue weighted by Crippen LogP contribution is -2.55. The van der Waals surface area contributed by atoms with Crippen LogP contribution in [0.4, 0.5) is 0 Å². The third-order valence-corrected chi connectivity index (χ3v) is 6.26. The van der Waals surface area contributed by atoms with Crippen molar-refractivity contribution >= 4 is 23.4 Å². The Kier molecular flexibility index (Phi) is 4.59. The smallest absolute Gasteiger partial charge is 0.257 e. The predicted molar refractivity (Wildman–Crippen MR) is 99.5 cm³/mol. The van der Waals surface area contributed by atoms with Crippen LogP contribution < -0.4 is 4.74 Å². The highest BCUT2D eigenvalue weighted by Gasteiger charge is 2.46. The maximum Gasteiger partial charge on any atom is 0.257 e. The van der Waals surface area contributed by atoms with Gasteiger partial charge in [-0.3, -0.25) is 9.59 Å². The van der Waals surface area contributed by atoms with Crippen molar-refractivity contribution in [2.24, 2.45) is 5.41 Å². The number of ether oxygens (including phenoxy) is 1. The van der Waals surface area contributed by atoms with E-state index in [1.54, 1.807) is 25.3 Å². The number of piperidine rings is 2. The Morgan fingerprint density at radius 1 is 1.27 bits per heavy atom. The zero-order chi connectivity index (χ0) is 18.3. The van der Waals surface area contributed by atoms with Crippen molar-refractivity contribution in [1.29, 1.82) is 0 Å². The highest BCUT2D eigenvalue weighted by Crippen LogP contribution is 2.42. The summed E-state index contributed by atoms with van der Waals surface area (Å²) in [6, 6.07) is 5.60. The van der Waals surface area contributed by atoms with Crippen LogP contribution in [0.25, 0.3) is 0 Å². The number of halogens is 1. The maximum atomic E-state index is 13.2. The summed E-state index contributed by atoms with van der Waals surface area (Å²) < 4.78 is 5.36. The summed E-state index contributed by atoms with van der Waals surface area (Å²) in [6.07, 6.45) is 5.81. The van der Waals surface area contributed by atoms with Crippen LogP contribution in [0.15, 0.2) is 18.2 Å². The third-order valence-electron chi connectivity index (χ3n) is 6.02. The van der Waals surface area contributed by atoms with Crippen LogP contribution in [0, 0.1) is 5.41 Å². The summed E-state index contributed by atoms with van der Waals surface area (Å²) in [4.78, 5) is 29.4. The SMILES string of the molecule is COc1ccc(Cl)cc1C(=O)N1CCC[C@@]2(CCC(=O)N(C3CC3)C2)C1. The van der Waals surface area contributed by atoms with Crippen LogP contribution in [0.1, 0.15) is 48.9 Å². The van der Waals surface area contributed by atoms with E-state index < -0.39 is 0 Å². The Balaban J connectivity index is 1.54. The van der Waals surface area contributed by atoms with E-state index >= 15 is 0 Å². The molecule has 2 aliphatic heterocycles. The molecule has 2 heterocycles. The Morgan fingerprint density at radius 3 is 2.81 bits per heavy atom. The second kappa shape index (κ2) is 6.76. The van der Waals surface area contributed by atoms with Gasteiger partial charge in [0.1, 0.15) is 5.75 Å². The molecule has 140 valence electrons. The largest absolute Gasteiger partial charge is 0.496 e. The number of methoxy groups -OCH3 is 1. The molecular formula is C20H25ClN2O3. The van der Waals surface area contributed by atoms with E-state index in [1.807, 2.05) is 4.90 Å². The molecule has 1 aliphatic carbocycles. The van der Waals surface area contributed by atoms with Crippen LogP contribution in [-0.4, -0.2) is 54.4 Å². The average Bonchev–Trinajstić information content (AvgIpc) is 3.48. The van der Waals surface area contributed by atoms with Crippen LogP contribution >= 0.6 is 11.6 Å². The van der Waals surface area contributed by atoms with Crippen LogP contribution in [0.2, 0.25) is 5.02 Å². The average molecular weight is 377 g/mol. The molecule has 6 heteroatoms. The maximum absolute atomic E-state index is 13.2. The summed E-state index contributed by atoms with van der Waals surface area (Å²) in [5.74, 6) is 0.814. The number of hydrogen-bond donors (Lipinski definition) is 0. The van der Waals surface area contributed by atoms with E-state index in [-0.39, 0.29) is 17.2 Å². The molecule has 0 bridgehead atoms. The molecule has 0 aromatic heterocycles. The second-order valence-electron chi connectivity index (χ2n) is 7.93. The van der Waals surface area contributed by atoms with Crippen molar-refractivity contribution in [3.05, 3.63) is 28.8 Å². The first-order valence-electron chi connectivity index (χ1n) is 9.44. The number of benzene rings is 1. The topological polar surface area (TPSA) is 49.9 Å². The van der Waals surface area contributed by atoms with Gasteiger partial charge in [-0.15, -0.1) is 0 Å². The fraction of sp³-hybridized carbons (Fsp3) is 0.600. The Morgan fingerprint density at radius 2 is 2.08 bits per heavy atom. The van der Waals surface area contributed by atoms with Crippen molar-refractivity contribution in [3.8, 4) is 5.75 Å². The van der Waals surface area contributed by atoms with Crippen LogP contribution in [0.3, 0.4) is 0 Å². The van der Waals surface area contributed by atoms with Gasteiger partial charge < -0.3 is 14.5 Å². The summed E-state index contributed by atoms with van der Waals surface area (Å²) in [5, 5.41) is 0.532. The highest BCUT2D eigenvalue weighted by molar-refractivity contribution is 6.31. The Bertz CT molecular complexity index is 734. The molecule has 4 rings (SSSR count). The zero-order valence-electron chi connectivity index (χ0n) is 15.2. The van der Waals surface area contributed by atoms with Gasteiger partial charge in [0.15, 0.2) is 0 Å². The summed E-state index contributed by atoms with van der Waals surface area (Å²) >= 11 is 6.11. The number of carbonyl (C=O) groups excluding carboxylic acids is 2. The van der Waals surface area contributed by atoms with E-state index in [9.17, 15) is 9.59 Å². The number of amides is 2. The van der Waals surface area contributed by atoms with Gasteiger partial charge in [0.2, 0.25) is 5.91 Å². The second-order valence-corrected chi connectivity index (χ2v) is 8.36. The molecule has 1 atom stereocenters. The van der Waals surface area contributed by atoms with E-state index in [0.29, 0.717) is 35.3 Å². The van der Waals surface area contributed by atoms with Crippen molar-refractivity contribution in [2.75, 3.05) is 26.7 Å². The van der Waals surface area contributed by atoms with Crippen molar-refractivity contribution in [1.82, 2.24) is 9.80 Å². The number of carbonyl (C=O) groups is 2. The summed E-state index contributed by atoms with van der Waals surface area (Å²) in [5.41, 5.74) is 0.555. The molecular weight excluding hydrogens is 352 g/mol. The minimum absolute atomic E-state index is 0.0294. The van der Waals surface area contributed by atoms with E-state index in [1.165, 1.54) is 0 Å². The minimum atomic E-state index is -0.0294. The Hall–Kier alpha value is -1.75. The van der Waals surface area contributed by atoms with Crippen LogP contribution in [0.5, 0.6) is 5.75 Å². The van der Waals surface area contributed by atoms with Crippen molar-refractivity contribution in [2.45, 2.75) is 44.6 Å². The van der Waals surface area contributed by atoms with Crippen molar-refractivity contribution < 1.29 is 14.3 Å². The first-order chi connectivity index (χ1) is 12.5. The molecule has 1 spiro atoms. The molecule has 0 unspecified atom stereocenters. The van der Waals surface area contributed by atoms with Gasteiger partial charge in [0.05, 0.1) is 12.7 Å². The molecule has 0 radical (unpaired) electrons. The quantitative estimate of drug-likeness (QED) is 0.812. The fourth-order valence-electron chi connectivity index (χ4n) is 4.50. The molecule has 2 saturated heterocycles. The predicted octanol–water partition coefficient (Wildman–Crippen LogP) is 3.36. The van der Waals surface area contributed by atoms with Gasteiger partial charge in [0.25, 0.3) is 5.91 Å². The lowest BCUT2D eigenvalue weighted by Gasteiger charge is -2.48. The van der Waals surface area contributed by atoms with Crippen LogP contribution in [-0.2, 0) is 4.79 Å². The molecule has 1 saturated carbocycles. The van der Waals surface area contributed by atoms with Gasteiger partial charge in [-0.25, -0.2) is 0 Å². The molecule has 2 amide bonds. The molecule has 26 heavy (non-hydrogen) atoms. The standard InChI is InChI=1S/C20H25ClN2O3/c1-26-17-6-3-14(21)11-16(17)19(25)22-10-2-8-20(12-22)9-7-18(24)23(13-20)15-4-5-15/h3,6,11,15H,2,4-5,7-10,12-13H2,1H3/t20-/m1/s1. The van der Waals surface area contributed by atoms with E-state index in [0.717, 1.165) is 45.2 Å². The highest BCUT2D eigenvalue weighted by atomic mass is 35.5. The summed E-state index contributed by atoms with van der Waals surface area (Å²) in [6.45, 7) is 2.25. The van der Waals surface area contributed by atoms with Gasteiger partial charge >= 0.3 is 0 Å². The molecule has 1 aromatic carbocycles. The fourth-order valence-corrected chi connectivity index (χ4v) is 4.67. The zero-order valence-corrected chi connectivity index (χ0v) is 15.9. The van der Waals surface area contributed by atoms with Gasteiger partial charge in [0, 0.05) is 42.5 Å². The lowest BCUT2D eigenvalue weighted by atomic mass is 9.73. The molecule has 0 N–H and O–H groups in total. The first kappa shape index (κ1) is 17.7. The lowest BCUT2D eigenvalue weighted by molar-refractivity contribution is -0.139. The van der Waals surface area contributed by atoms with Crippen molar-refractivity contribution in [3.63, 3.8) is 0 Å². The monoisotopic (exact) mass is 376 g/mol. The van der Waals surface area contributed by atoms with Gasteiger partial charge in [-0.1, -0.05) is 11.6 Å². The van der Waals surface area contributed by atoms with Gasteiger partial charge in [-0.2, -0.15) is 0 Å². The molecule has 3 fully saturated rings. The minimum Gasteiger partial charge on any atom is -0.496 e. The third kappa shape index (κ3) is 3.29. The molecule has 5 nitrogen and oxygen atoms in total. The van der Waals surface area contributed by atoms with E-state index in [2.05, 4.69) is 4.90 Å². The number of likely N-dealkylation sites (tertiary alicyclic amines) is 2. The summed E-state index contributed by atoms with van der Waals surface area (Å²) in [7, 11) is 1.57. The first-order valence-corrected chi connectivity index (χ1v) is 9.81. The Labute approximate surface area is 159 Å². The molecule has 3 aliphatic rings.